The molecule has 1 saturated carbocycles. The van der Waals surface area contributed by atoms with Gasteiger partial charge >= 0.3 is 5.69 Å². The summed E-state index contributed by atoms with van der Waals surface area (Å²) in [6.07, 6.45) is 8.90. The van der Waals surface area contributed by atoms with Gasteiger partial charge in [0.05, 0.1) is 40.4 Å². The molecule has 4 heterocycles. The van der Waals surface area contributed by atoms with Crippen LogP contribution in [-0.4, -0.2) is 35.4 Å². The minimum Gasteiger partial charge on any atom is -0.338 e. The van der Waals surface area contributed by atoms with Crippen molar-refractivity contribution < 1.29 is 4.39 Å². The first kappa shape index (κ1) is 23.3. The number of aromatic nitrogens is 6. The smallest absolute Gasteiger partial charge is 0.329 e. The average molecular weight is 502 g/mol. The van der Waals surface area contributed by atoms with Crippen LogP contribution in [0.5, 0.6) is 0 Å². The summed E-state index contributed by atoms with van der Waals surface area (Å²) in [4.78, 5) is 31.9. The lowest BCUT2D eigenvalue weighted by Crippen LogP contribution is -2.24. The fourth-order valence-electron chi connectivity index (χ4n) is 5.79. The first-order chi connectivity index (χ1) is 18.0. The van der Waals surface area contributed by atoms with Crippen LogP contribution < -0.4 is 5.69 Å². The van der Waals surface area contributed by atoms with Crippen molar-refractivity contribution in [3.8, 4) is 22.4 Å². The van der Waals surface area contributed by atoms with Crippen LogP contribution in [0.1, 0.15) is 43.7 Å². The number of nitrogens with one attached hydrogen (secondary N) is 1. The molecule has 0 atom stereocenters. The number of hydrogen-bond donors (Lipinski definition) is 1. The van der Waals surface area contributed by atoms with E-state index in [4.69, 9.17) is 0 Å². The van der Waals surface area contributed by atoms with Gasteiger partial charge in [-0.15, -0.1) is 5.10 Å². The van der Waals surface area contributed by atoms with E-state index in [9.17, 15) is 14.1 Å². The third-order valence-electron chi connectivity index (χ3n) is 7.57. The van der Waals surface area contributed by atoms with E-state index in [1.54, 1.807) is 31.1 Å². The summed E-state index contributed by atoms with van der Waals surface area (Å²) in [5.74, 6) is -0.578. The third-order valence-corrected chi connectivity index (χ3v) is 7.57. The monoisotopic (exact) mass is 501 g/mol. The molecule has 1 N–H and O–H groups in total. The summed E-state index contributed by atoms with van der Waals surface area (Å²) in [6, 6.07) is 8.17. The van der Waals surface area contributed by atoms with Gasteiger partial charge in [-0.3, -0.25) is 13.8 Å². The van der Waals surface area contributed by atoms with Crippen LogP contribution in [0.15, 0.2) is 46.6 Å². The molecule has 1 aromatic carbocycles. The first-order valence-corrected chi connectivity index (χ1v) is 12.7. The molecule has 0 saturated heterocycles. The van der Waals surface area contributed by atoms with Crippen LogP contribution in [0.3, 0.4) is 0 Å². The predicted molar refractivity (Wildman–Crippen MR) is 141 cm³/mol. The largest absolute Gasteiger partial charge is 0.338 e. The third kappa shape index (κ3) is 3.78. The summed E-state index contributed by atoms with van der Waals surface area (Å²) >= 11 is 0. The SMILES string of the molecule is Cn1cc(-c2[nH]c3ncc4c(c3c2-c2ccc(CCCN=O)cc2)n(C2CCCC2)c(=O)n4C)c(F)n1. The van der Waals surface area contributed by atoms with Crippen molar-refractivity contribution in [2.24, 2.45) is 19.3 Å². The van der Waals surface area contributed by atoms with Gasteiger partial charge in [0, 0.05) is 31.9 Å². The summed E-state index contributed by atoms with van der Waals surface area (Å²) in [6.45, 7) is 0.283. The van der Waals surface area contributed by atoms with Crippen molar-refractivity contribution in [2.45, 2.75) is 44.6 Å². The molecule has 1 aliphatic carbocycles. The standard InChI is InChI=1S/C27H28FN7O2/c1-33-15-19(25(28)32-33)23-21(17-11-9-16(10-12-17)6-5-13-30-37)22-24-20(14-29-26(22)31-23)34(2)27(36)35(24)18-7-3-4-8-18/h9-12,14-15,18H,3-8,13H2,1-2H3,(H,29,31). The molecule has 0 radical (unpaired) electrons. The van der Waals surface area contributed by atoms with Gasteiger partial charge in [-0.2, -0.15) is 9.30 Å². The number of aromatic amines is 1. The second kappa shape index (κ2) is 9.10. The Hall–Kier alpha value is -4.08. The Balaban J connectivity index is 1.65. The van der Waals surface area contributed by atoms with Gasteiger partial charge in [0.1, 0.15) is 5.65 Å². The van der Waals surface area contributed by atoms with E-state index >= 15 is 0 Å². The van der Waals surface area contributed by atoms with E-state index < -0.39 is 5.95 Å². The Labute approximate surface area is 211 Å². The van der Waals surface area contributed by atoms with Crippen LogP contribution in [0.2, 0.25) is 0 Å². The molecule has 5 aromatic rings. The van der Waals surface area contributed by atoms with Crippen molar-refractivity contribution in [3.63, 3.8) is 0 Å². The zero-order valence-corrected chi connectivity index (χ0v) is 20.9. The zero-order valence-electron chi connectivity index (χ0n) is 20.9. The molecule has 0 unspecified atom stereocenters. The van der Waals surface area contributed by atoms with Gasteiger partial charge in [0.25, 0.3) is 0 Å². The van der Waals surface area contributed by atoms with Crippen LogP contribution in [0.4, 0.5) is 4.39 Å². The van der Waals surface area contributed by atoms with Crippen molar-refractivity contribution >= 4 is 22.1 Å². The Morgan fingerprint density at radius 1 is 1.16 bits per heavy atom. The summed E-state index contributed by atoms with van der Waals surface area (Å²) in [5.41, 5.74) is 5.79. The normalized spacial score (nSPS) is 14.4. The number of halogens is 1. The molecule has 0 amide bonds. The molecule has 0 spiro atoms. The van der Waals surface area contributed by atoms with Crippen LogP contribution in [0, 0.1) is 10.9 Å². The molecule has 0 aliphatic heterocycles. The van der Waals surface area contributed by atoms with Crippen molar-refractivity contribution in [3.05, 3.63) is 63.6 Å². The van der Waals surface area contributed by atoms with Gasteiger partial charge in [0.2, 0.25) is 5.95 Å². The fraction of sp³-hybridized carbons (Fsp3) is 0.370. The first-order valence-electron chi connectivity index (χ1n) is 12.7. The lowest BCUT2D eigenvalue weighted by molar-refractivity contribution is 0.510. The maximum absolute atomic E-state index is 15.0. The minimum atomic E-state index is -0.578. The zero-order chi connectivity index (χ0) is 25.7. The lowest BCUT2D eigenvalue weighted by atomic mass is 9.97. The van der Waals surface area contributed by atoms with E-state index in [0.29, 0.717) is 23.3 Å². The maximum atomic E-state index is 15.0. The van der Waals surface area contributed by atoms with E-state index in [0.717, 1.165) is 65.2 Å². The summed E-state index contributed by atoms with van der Waals surface area (Å²) in [7, 11) is 3.46. The topological polar surface area (TPSA) is 103 Å². The average Bonchev–Trinajstić information content (AvgIpc) is 3.66. The molecular formula is C27H28FN7O2. The van der Waals surface area contributed by atoms with E-state index in [1.807, 2.05) is 28.8 Å². The van der Waals surface area contributed by atoms with Crippen molar-refractivity contribution in [1.29, 1.82) is 0 Å². The van der Waals surface area contributed by atoms with E-state index in [1.165, 1.54) is 4.68 Å². The highest BCUT2D eigenvalue weighted by Crippen LogP contribution is 2.42. The minimum absolute atomic E-state index is 0.0587. The number of pyridine rings is 1. The number of rotatable bonds is 7. The van der Waals surface area contributed by atoms with E-state index in [-0.39, 0.29) is 18.3 Å². The van der Waals surface area contributed by atoms with Gasteiger partial charge in [-0.25, -0.2) is 9.78 Å². The number of benzene rings is 1. The highest BCUT2D eigenvalue weighted by Gasteiger charge is 2.28. The molecule has 190 valence electrons. The molecule has 4 aromatic heterocycles. The Morgan fingerprint density at radius 2 is 1.92 bits per heavy atom. The van der Waals surface area contributed by atoms with Crippen LogP contribution in [-0.2, 0) is 20.5 Å². The molecule has 6 rings (SSSR count). The predicted octanol–water partition coefficient (Wildman–Crippen LogP) is 5.24. The molecule has 1 fully saturated rings. The quantitative estimate of drug-likeness (QED) is 0.243. The Bertz CT molecular complexity index is 1680. The van der Waals surface area contributed by atoms with Gasteiger partial charge < -0.3 is 4.98 Å². The number of nitrogens with zero attached hydrogens (tertiary/aromatic N) is 6. The van der Waals surface area contributed by atoms with Crippen molar-refractivity contribution in [2.75, 3.05) is 6.54 Å². The van der Waals surface area contributed by atoms with Gasteiger partial charge in [0.15, 0.2) is 0 Å². The van der Waals surface area contributed by atoms with Gasteiger partial charge in [-0.05, 0) is 36.8 Å². The molecular weight excluding hydrogens is 473 g/mol. The summed E-state index contributed by atoms with van der Waals surface area (Å²) in [5, 5.41) is 7.67. The highest BCUT2D eigenvalue weighted by molar-refractivity contribution is 6.14. The molecule has 0 bridgehead atoms. The fourth-order valence-corrected chi connectivity index (χ4v) is 5.79. The molecule has 1 aliphatic rings. The lowest BCUT2D eigenvalue weighted by Gasteiger charge is -2.13. The van der Waals surface area contributed by atoms with Crippen molar-refractivity contribution in [1.82, 2.24) is 28.9 Å². The number of aryl methyl sites for hydroxylation is 3. The number of fused-ring (bicyclic) bond motifs is 3. The number of nitroso groups, excluding NO2 is 1. The van der Waals surface area contributed by atoms with Crippen LogP contribution in [0.25, 0.3) is 44.5 Å². The molecule has 10 heteroatoms. The highest BCUT2D eigenvalue weighted by atomic mass is 19.1. The Kier molecular flexibility index (Phi) is 5.73. The number of H-pyrrole nitrogens is 1. The second-order valence-electron chi connectivity index (χ2n) is 9.90. The molecule has 9 nitrogen and oxygen atoms in total. The van der Waals surface area contributed by atoms with Crippen LogP contribution >= 0.6 is 0 Å². The number of hydrogen-bond acceptors (Lipinski definition) is 5. The maximum Gasteiger partial charge on any atom is 0.329 e. The number of imidazole rings is 1. The molecule has 37 heavy (non-hydrogen) atoms. The van der Waals surface area contributed by atoms with E-state index in [2.05, 4.69) is 20.2 Å². The Morgan fingerprint density at radius 3 is 2.59 bits per heavy atom. The summed E-state index contributed by atoms with van der Waals surface area (Å²) < 4.78 is 20.0. The second-order valence-corrected chi connectivity index (χ2v) is 9.90. The van der Waals surface area contributed by atoms with Gasteiger partial charge in [-0.1, -0.05) is 42.3 Å².